The summed E-state index contributed by atoms with van der Waals surface area (Å²) in [5, 5.41) is 8.10. The smallest absolute Gasteiger partial charge is 0.256 e. The molecule has 0 aliphatic carbocycles. The van der Waals surface area contributed by atoms with Gasteiger partial charge in [0, 0.05) is 36.9 Å². The number of rotatable bonds is 6. The van der Waals surface area contributed by atoms with Crippen molar-refractivity contribution in [2.45, 2.75) is 20.5 Å². The fourth-order valence-electron chi connectivity index (χ4n) is 3.45. The minimum absolute atomic E-state index is 0.239. The molecule has 0 aliphatic rings. The molecule has 8 heteroatoms. The molecule has 0 spiro atoms. The molecule has 0 atom stereocenters. The van der Waals surface area contributed by atoms with Crippen molar-refractivity contribution < 1.29 is 14.3 Å². The van der Waals surface area contributed by atoms with Gasteiger partial charge in [-0.25, -0.2) is 4.98 Å². The Morgan fingerprint density at radius 3 is 2.61 bits per heavy atom. The quantitative estimate of drug-likeness (QED) is 0.513. The fraction of sp³-hybridized carbons (Fsp3) is 0.217. The molecule has 3 heterocycles. The van der Waals surface area contributed by atoms with Gasteiger partial charge >= 0.3 is 0 Å². The van der Waals surface area contributed by atoms with E-state index in [-0.39, 0.29) is 5.91 Å². The molecule has 0 bridgehead atoms. The van der Waals surface area contributed by atoms with E-state index in [9.17, 15) is 4.79 Å². The zero-order chi connectivity index (χ0) is 22.0. The monoisotopic (exact) mass is 417 g/mol. The Morgan fingerprint density at radius 1 is 1.10 bits per heavy atom. The summed E-state index contributed by atoms with van der Waals surface area (Å²) in [7, 11) is 3.40. The van der Waals surface area contributed by atoms with Crippen LogP contribution in [0.4, 0.5) is 5.69 Å². The van der Waals surface area contributed by atoms with Crippen LogP contribution in [-0.4, -0.2) is 32.8 Å². The summed E-state index contributed by atoms with van der Waals surface area (Å²) in [6.45, 7) is 4.08. The van der Waals surface area contributed by atoms with Crippen LogP contribution in [0.1, 0.15) is 27.3 Å². The molecule has 0 fully saturated rings. The molecule has 1 aromatic carbocycles. The average Bonchev–Trinajstić information content (AvgIpc) is 3.05. The number of carbonyl (C=O) groups excluding carboxylic acids is 1. The number of pyridine rings is 2. The van der Waals surface area contributed by atoms with Crippen LogP contribution < -0.4 is 14.8 Å². The highest BCUT2D eigenvalue weighted by Gasteiger charge is 2.18. The predicted molar refractivity (Wildman–Crippen MR) is 117 cm³/mol. The van der Waals surface area contributed by atoms with Gasteiger partial charge in [-0.3, -0.25) is 14.5 Å². The number of amides is 1. The number of nitrogens with one attached hydrogen (secondary N) is 1. The van der Waals surface area contributed by atoms with Crippen LogP contribution in [0, 0.1) is 13.8 Å². The summed E-state index contributed by atoms with van der Waals surface area (Å²) in [5.74, 6) is 0.875. The minimum Gasteiger partial charge on any atom is -0.493 e. The number of ether oxygens (including phenoxy) is 2. The first-order chi connectivity index (χ1) is 15.0. The van der Waals surface area contributed by atoms with Gasteiger partial charge in [-0.2, -0.15) is 5.10 Å². The lowest BCUT2D eigenvalue weighted by atomic mass is 10.1. The Labute approximate surface area is 179 Å². The van der Waals surface area contributed by atoms with Gasteiger partial charge in [0.25, 0.3) is 5.91 Å². The van der Waals surface area contributed by atoms with Gasteiger partial charge in [-0.15, -0.1) is 0 Å². The van der Waals surface area contributed by atoms with Crippen LogP contribution in [0.3, 0.4) is 0 Å². The second-order valence-corrected chi connectivity index (χ2v) is 7.18. The normalized spacial score (nSPS) is 10.8. The molecule has 31 heavy (non-hydrogen) atoms. The zero-order valence-corrected chi connectivity index (χ0v) is 17.8. The number of hydrogen-bond acceptors (Lipinski definition) is 6. The number of hydrogen-bond donors (Lipinski definition) is 1. The lowest BCUT2D eigenvalue weighted by Gasteiger charge is -2.13. The van der Waals surface area contributed by atoms with Gasteiger partial charge in [0.15, 0.2) is 17.1 Å². The Balaban J connectivity index is 1.61. The summed E-state index contributed by atoms with van der Waals surface area (Å²) in [4.78, 5) is 21.7. The van der Waals surface area contributed by atoms with Crippen LogP contribution in [0.5, 0.6) is 11.5 Å². The molecule has 8 nitrogen and oxygen atoms in total. The first-order valence-corrected chi connectivity index (χ1v) is 9.78. The van der Waals surface area contributed by atoms with E-state index in [4.69, 9.17) is 9.47 Å². The SMILES string of the molecule is COc1ccc(NC(=O)c2cc(C)nc3c2c(C)nn3C)cc1OCc1ccncc1. The number of aromatic nitrogens is 4. The largest absolute Gasteiger partial charge is 0.493 e. The summed E-state index contributed by atoms with van der Waals surface area (Å²) < 4.78 is 13.0. The highest BCUT2D eigenvalue weighted by Crippen LogP contribution is 2.31. The lowest BCUT2D eigenvalue weighted by Crippen LogP contribution is -2.13. The van der Waals surface area contributed by atoms with Gasteiger partial charge in [0.2, 0.25) is 0 Å². The minimum atomic E-state index is -0.239. The molecular formula is C23H23N5O3. The predicted octanol–water partition coefficient (Wildman–Crippen LogP) is 3.82. The summed E-state index contributed by atoms with van der Waals surface area (Å²) in [5.41, 5.74) is 4.29. The second-order valence-electron chi connectivity index (χ2n) is 7.18. The zero-order valence-electron chi connectivity index (χ0n) is 17.8. The molecule has 0 saturated carbocycles. The van der Waals surface area contributed by atoms with Crippen molar-refractivity contribution in [3.8, 4) is 11.5 Å². The Hall–Kier alpha value is -3.94. The Kier molecular flexibility index (Phi) is 5.53. The van der Waals surface area contributed by atoms with Crippen LogP contribution in [0.2, 0.25) is 0 Å². The molecule has 0 unspecified atom stereocenters. The molecule has 3 aromatic heterocycles. The van der Waals surface area contributed by atoms with E-state index >= 15 is 0 Å². The van der Waals surface area contributed by atoms with Gasteiger partial charge in [0.1, 0.15) is 6.61 Å². The van der Waals surface area contributed by atoms with Gasteiger partial charge < -0.3 is 14.8 Å². The van der Waals surface area contributed by atoms with Crippen molar-refractivity contribution >= 4 is 22.6 Å². The number of aryl methyl sites for hydroxylation is 3. The third-order valence-corrected chi connectivity index (χ3v) is 4.91. The number of carbonyl (C=O) groups is 1. The molecule has 0 radical (unpaired) electrons. The van der Waals surface area contributed by atoms with Gasteiger partial charge in [-0.1, -0.05) is 0 Å². The molecule has 0 aliphatic heterocycles. The van der Waals surface area contributed by atoms with E-state index in [1.165, 1.54) is 0 Å². The van der Waals surface area contributed by atoms with Gasteiger partial charge in [-0.05, 0) is 49.7 Å². The number of benzene rings is 1. The van der Waals surface area contributed by atoms with Gasteiger partial charge in [0.05, 0.1) is 23.8 Å². The van der Waals surface area contributed by atoms with Crippen molar-refractivity contribution in [1.29, 1.82) is 0 Å². The molecular weight excluding hydrogens is 394 g/mol. The van der Waals surface area contributed by atoms with E-state index in [2.05, 4.69) is 20.4 Å². The Morgan fingerprint density at radius 2 is 1.87 bits per heavy atom. The van der Waals surface area contributed by atoms with Crippen molar-refractivity contribution in [2.75, 3.05) is 12.4 Å². The van der Waals surface area contributed by atoms with Crippen LogP contribution in [0.25, 0.3) is 11.0 Å². The van der Waals surface area contributed by atoms with Crippen molar-refractivity contribution in [1.82, 2.24) is 19.7 Å². The second kappa shape index (κ2) is 8.43. The van der Waals surface area contributed by atoms with E-state index in [0.717, 1.165) is 22.3 Å². The topological polar surface area (TPSA) is 91.2 Å². The highest BCUT2D eigenvalue weighted by atomic mass is 16.5. The summed E-state index contributed by atoms with van der Waals surface area (Å²) in [6, 6.07) is 10.8. The molecule has 0 saturated heterocycles. The third-order valence-electron chi connectivity index (χ3n) is 4.91. The van der Waals surface area contributed by atoms with Crippen LogP contribution in [0.15, 0.2) is 48.8 Å². The molecule has 4 aromatic rings. The summed E-state index contributed by atoms with van der Waals surface area (Å²) in [6.07, 6.45) is 3.43. The number of nitrogens with zero attached hydrogens (tertiary/aromatic N) is 4. The van der Waals surface area contributed by atoms with Crippen LogP contribution >= 0.6 is 0 Å². The first kappa shape index (κ1) is 20.3. The Bertz CT molecular complexity index is 1250. The van der Waals surface area contributed by atoms with E-state index < -0.39 is 0 Å². The van der Waals surface area contributed by atoms with E-state index in [1.807, 2.05) is 33.0 Å². The number of fused-ring (bicyclic) bond motifs is 1. The number of methoxy groups -OCH3 is 1. The maximum Gasteiger partial charge on any atom is 0.256 e. The first-order valence-electron chi connectivity index (χ1n) is 9.78. The van der Waals surface area contributed by atoms with E-state index in [1.54, 1.807) is 48.5 Å². The maximum absolute atomic E-state index is 13.1. The fourth-order valence-corrected chi connectivity index (χ4v) is 3.45. The molecule has 4 rings (SSSR count). The highest BCUT2D eigenvalue weighted by molar-refractivity contribution is 6.12. The molecule has 1 amide bonds. The lowest BCUT2D eigenvalue weighted by molar-refractivity contribution is 0.102. The molecule has 1 N–H and O–H groups in total. The standard InChI is InChI=1S/C23H23N5O3/c1-14-11-18(21-15(2)27-28(3)22(21)25-14)23(29)26-17-5-6-19(30-4)20(12-17)31-13-16-7-9-24-10-8-16/h5-12H,13H2,1-4H3,(H,26,29). The van der Waals surface area contributed by atoms with Crippen molar-refractivity contribution in [3.63, 3.8) is 0 Å². The van der Waals surface area contributed by atoms with E-state index in [0.29, 0.717) is 35.0 Å². The average molecular weight is 417 g/mol. The maximum atomic E-state index is 13.1. The van der Waals surface area contributed by atoms with Crippen molar-refractivity contribution in [2.24, 2.45) is 7.05 Å². The molecule has 158 valence electrons. The van der Waals surface area contributed by atoms with Crippen molar-refractivity contribution in [3.05, 3.63) is 71.3 Å². The third kappa shape index (κ3) is 4.18. The summed E-state index contributed by atoms with van der Waals surface area (Å²) >= 11 is 0. The van der Waals surface area contributed by atoms with Crippen LogP contribution in [-0.2, 0) is 13.7 Å². The number of anilines is 1.